The van der Waals surface area contributed by atoms with Crippen LogP contribution in [0.25, 0.3) is 0 Å². The van der Waals surface area contributed by atoms with Gasteiger partial charge in [-0.2, -0.15) is 13.2 Å². The molecule has 0 unspecified atom stereocenters. The second kappa shape index (κ2) is 7.24. The number of benzene rings is 2. The molecule has 2 heterocycles. The smallest absolute Gasteiger partial charge is 0.372 e. The summed E-state index contributed by atoms with van der Waals surface area (Å²) in [6.45, 7) is 1.11. The highest BCUT2D eigenvalue weighted by Crippen LogP contribution is 2.36. The molecule has 1 saturated heterocycles. The predicted octanol–water partition coefficient (Wildman–Crippen LogP) is 4.93. The highest BCUT2D eigenvalue weighted by molar-refractivity contribution is 5.99. The molecule has 0 aliphatic carbocycles. The van der Waals surface area contributed by atoms with Gasteiger partial charge in [0.15, 0.2) is 0 Å². The molecule has 2 aliphatic heterocycles. The number of hydrogen-bond donors (Lipinski definition) is 1. The number of amides is 1. The molecular formula is C21H21F4N3O. The van der Waals surface area contributed by atoms with E-state index in [1.807, 2.05) is 29.2 Å². The molecule has 0 atom stereocenters. The van der Waals surface area contributed by atoms with Gasteiger partial charge in [0.1, 0.15) is 5.82 Å². The molecule has 0 spiro atoms. The van der Waals surface area contributed by atoms with Crippen LogP contribution in [-0.2, 0) is 6.54 Å². The molecule has 0 aromatic heterocycles. The number of carbonyl (C=O) groups excluding carboxylic acids is 1. The minimum atomic E-state index is -4.12. The molecule has 2 aromatic carbocycles. The van der Waals surface area contributed by atoms with Gasteiger partial charge < -0.3 is 15.1 Å². The van der Waals surface area contributed by atoms with Gasteiger partial charge in [0.2, 0.25) is 0 Å². The fraction of sp³-hybridized carbons (Fsp3) is 0.381. The molecule has 1 amide bonds. The van der Waals surface area contributed by atoms with Crippen molar-refractivity contribution in [2.24, 2.45) is 5.92 Å². The van der Waals surface area contributed by atoms with Crippen molar-refractivity contribution in [3.8, 4) is 0 Å². The van der Waals surface area contributed by atoms with Crippen LogP contribution < -0.4 is 10.2 Å². The van der Waals surface area contributed by atoms with Crippen LogP contribution in [0.5, 0.6) is 0 Å². The second-order valence-electron chi connectivity index (χ2n) is 7.63. The van der Waals surface area contributed by atoms with E-state index in [2.05, 4.69) is 5.32 Å². The van der Waals surface area contributed by atoms with Gasteiger partial charge in [-0.3, -0.25) is 4.79 Å². The van der Waals surface area contributed by atoms with E-state index >= 15 is 0 Å². The lowest BCUT2D eigenvalue weighted by molar-refractivity contribution is -0.179. The standard InChI is InChI=1S/C21H21F4N3O/c1-27-12-13-10-16(11-18(22)19(13)20(27)29)26-15-2-4-17(5-3-15)28-8-6-14(7-9-28)21(23,24)25/h2-5,10-11,14,26H,6-9,12H2,1H3. The first kappa shape index (κ1) is 19.5. The number of alkyl halides is 3. The van der Waals surface area contributed by atoms with E-state index in [1.165, 1.54) is 11.0 Å². The molecule has 2 aliphatic rings. The number of nitrogens with zero attached hydrogens (tertiary/aromatic N) is 2. The number of halogens is 4. The van der Waals surface area contributed by atoms with Gasteiger partial charge in [-0.05, 0) is 54.8 Å². The third-order valence-corrected chi connectivity index (χ3v) is 5.62. The number of piperidine rings is 1. The summed E-state index contributed by atoms with van der Waals surface area (Å²) in [4.78, 5) is 15.4. The number of rotatable bonds is 3. The minimum Gasteiger partial charge on any atom is -0.372 e. The summed E-state index contributed by atoms with van der Waals surface area (Å²) in [7, 11) is 1.63. The number of fused-ring (bicyclic) bond motifs is 1. The molecule has 29 heavy (non-hydrogen) atoms. The Morgan fingerprint density at radius 1 is 1.03 bits per heavy atom. The van der Waals surface area contributed by atoms with Crippen molar-refractivity contribution in [2.45, 2.75) is 25.6 Å². The lowest BCUT2D eigenvalue weighted by atomic mass is 9.96. The van der Waals surface area contributed by atoms with Crippen LogP contribution >= 0.6 is 0 Å². The topological polar surface area (TPSA) is 35.6 Å². The van der Waals surface area contributed by atoms with Crippen LogP contribution in [0, 0.1) is 11.7 Å². The van der Waals surface area contributed by atoms with E-state index in [1.54, 1.807) is 13.1 Å². The Kier molecular flexibility index (Phi) is 4.88. The van der Waals surface area contributed by atoms with Gasteiger partial charge >= 0.3 is 6.18 Å². The van der Waals surface area contributed by atoms with Gasteiger partial charge in [0.25, 0.3) is 5.91 Å². The fourth-order valence-corrected chi connectivity index (χ4v) is 4.01. The van der Waals surface area contributed by atoms with E-state index in [0.717, 1.165) is 11.4 Å². The quantitative estimate of drug-likeness (QED) is 0.733. The lowest BCUT2D eigenvalue weighted by Crippen LogP contribution is -2.38. The van der Waals surface area contributed by atoms with Gasteiger partial charge in [-0.15, -0.1) is 0 Å². The lowest BCUT2D eigenvalue weighted by Gasteiger charge is -2.34. The van der Waals surface area contributed by atoms with Crippen LogP contribution in [0.15, 0.2) is 36.4 Å². The van der Waals surface area contributed by atoms with E-state index in [9.17, 15) is 22.4 Å². The summed E-state index contributed by atoms with van der Waals surface area (Å²) in [6, 6.07) is 10.4. The molecule has 154 valence electrons. The molecule has 2 aromatic rings. The Balaban J connectivity index is 1.43. The van der Waals surface area contributed by atoms with Gasteiger partial charge in [-0.1, -0.05) is 0 Å². The Bertz CT molecular complexity index is 919. The Hall–Kier alpha value is -2.77. The van der Waals surface area contributed by atoms with E-state index in [-0.39, 0.29) is 24.3 Å². The SMILES string of the molecule is CN1Cc2cc(Nc3ccc(N4CCC(C(F)(F)F)CC4)cc3)cc(F)c2C1=O. The van der Waals surface area contributed by atoms with Crippen LogP contribution in [0.2, 0.25) is 0 Å². The highest BCUT2D eigenvalue weighted by Gasteiger charge is 2.41. The summed E-state index contributed by atoms with van der Waals surface area (Å²) in [5.41, 5.74) is 2.90. The third kappa shape index (κ3) is 3.88. The van der Waals surface area contributed by atoms with Crippen molar-refractivity contribution in [1.82, 2.24) is 4.90 Å². The second-order valence-corrected chi connectivity index (χ2v) is 7.63. The molecule has 8 heteroatoms. The Labute approximate surface area is 166 Å². The summed E-state index contributed by atoms with van der Waals surface area (Å²) in [6.07, 6.45) is -3.92. The number of hydrogen-bond acceptors (Lipinski definition) is 3. The largest absolute Gasteiger partial charge is 0.391 e. The molecular weight excluding hydrogens is 386 g/mol. The van der Waals surface area contributed by atoms with E-state index in [0.29, 0.717) is 30.9 Å². The summed E-state index contributed by atoms with van der Waals surface area (Å²) in [5.74, 6) is -2.09. The molecule has 0 radical (unpaired) electrons. The van der Waals surface area contributed by atoms with Crippen LogP contribution in [0.4, 0.5) is 34.6 Å². The van der Waals surface area contributed by atoms with Gasteiger partial charge in [-0.25, -0.2) is 4.39 Å². The molecule has 0 saturated carbocycles. The van der Waals surface area contributed by atoms with Crippen LogP contribution in [0.3, 0.4) is 0 Å². The Morgan fingerprint density at radius 2 is 1.69 bits per heavy atom. The predicted molar refractivity (Wildman–Crippen MR) is 103 cm³/mol. The molecule has 1 fully saturated rings. The van der Waals surface area contributed by atoms with E-state index in [4.69, 9.17) is 0 Å². The zero-order valence-electron chi connectivity index (χ0n) is 15.9. The maximum absolute atomic E-state index is 14.3. The zero-order valence-corrected chi connectivity index (χ0v) is 15.9. The minimum absolute atomic E-state index is 0.102. The fourth-order valence-electron chi connectivity index (χ4n) is 4.01. The van der Waals surface area contributed by atoms with Crippen molar-refractivity contribution >= 4 is 23.0 Å². The van der Waals surface area contributed by atoms with Crippen molar-refractivity contribution in [2.75, 3.05) is 30.4 Å². The summed E-state index contributed by atoms with van der Waals surface area (Å²) >= 11 is 0. The summed E-state index contributed by atoms with van der Waals surface area (Å²) < 4.78 is 52.8. The maximum Gasteiger partial charge on any atom is 0.391 e. The number of nitrogens with one attached hydrogen (secondary N) is 1. The van der Waals surface area contributed by atoms with E-state index < -0.39 is 17.9 Å². The van der Waals surface area contributed by atoms with Crippen LogP contribution in [0.1, 0.15) is 28.8 Å². The average molecular weight is 407 g/mol. The highest BCUT2D eigenvalue weighted by atomic mass is 19.4. The number of carbonyl (C=O) groups is 1. The van der Waals surface area contributed by atoms with Crippen molar-refractivity contribution in [1.29, 1.82) is 0 Å². The molecule has 4 nitrogen and oxygen atoms in total. The molecule has 0 bridgehead atoms. The summed E-state index contributed by atoms with van der Waals surface area (Å²) in [5, 5.41) is 3.12. The third-order valence-electron chi connectivity index (χ3n) is 5.62. The van der Waals surface area contributed by atoms with Crippen molar-refractivity contribution in [3.63, 3.8) is 0 Å². The van der Waals surface area contributed by atoms with Crippen LogP contribution in [-0.4, -0.2) is 37.1 Å². The Morgan fingerprint density at radius 3 is 2.31 bits per heavy atom. The van der Waals surface area contributed by atoms with Gasteiger partial charge in [0, 0.05) is 43.7 Å². The zero-order chi connectivity index (χ0) is 20.8. The maximum atomic E-state index is 14.3. The average Bonchev–Trinajstić information content (AvgIpc) is 2.96. The van der Waals surface area contributed by atoms with Crippen molar-refractivity contribution in [3.05, 3.63) is 53.3 Å². The number of anilines is 3. The first-order valence-corrected chi connectivity index (χ1v) is 9.49. The first-order valence-electron chi connectivity index (χ1n) is 9.49. The van der Waals surface area contributed by atoms with Crippen molar-refractivity contribution < 1.29 is 22.4 Å². The molecule has 4 rings (SSSR count). The monoisotopic (exact) mass is 407 g/mol. The normalized spacial score (nSPS) is 17.6. The first-order chi connectivity index (χ1) is 13.7. The van der Waals surface area contributed by atoms with Gasteiger partial charge in [0.05, 0.1) is 11.5 Å². The molecule has 1 N–H and O–H groups in total.